The van der Waals surface area contributed by atoms with Crippen molar-refractivity contribution >= 4 is 0 Å². The standard InChI is InChI=1S/C13H27NO3/c1-7-12(8-2)10-13(15,16-5)9-11(3,4)14(12)17-6/h15H,7-10H2,1-6H3. The van der Waals surface area contributed by atoms with E-state index in [1.807, 2.05) is 5.06 Å². The molecule has 0 saturated carbocycles. The summed E-state index contributed by atoms with van der Waals surface area (Å²) in [6, 6.07) is 0. The van der Waals surface area contributed by atoms with Crippen LogP contribution in [0.3, 0.4) is 0 Å². The van der Waals surface area contributed by atoms with E-state index in [4.69, 9.17) is 9.57 Å². The van der Waals surface area contributed by atoms with Gasteiger partial charge in [-0.3, -0.25) is 0 Å². The Kier molecular flexibility index (Phi) is 4.24. The Hall–Kier alpha value is -0.160. The molecule has 1 unspecified atom stereocenters. The topological polar surface area (TPSA) is 41.9 Å². The fraction of sp³-hybridized carbons (Fsp3) is 1.00. The highest BCUT2D eigenvalue weighted by Gasteiger charge is 2.55. The molecule has 0 aromatic rings. The number of hydrogen-bond donors (Lipinski definition) is 1. The molecule has 4 heteroatoms. The first kappa shape index (κ1) is 14.9. The largest absolute Gasteiger partial charge is 0.365 e. The van der Waals surface area contributed by atoms with Crippen molar-refractivity contribution in [1.29, 1.82) is 0 Å². The maximum Gasteiger partial charge on any atom is 0.168 e. The first-order valence-electron chi connectivity index (χ1n) is 6.41. The number of rotatable bonds is 4. The van der Waals surface area contributed by atoms with Crippen LogP contribution < -0.4 is 0 Å². The van der Waals surface area contributed by atoms with E-state index < -0.39 is 5.79 Å². The SMILES string of the molecule is CCC1(CC)CC(O)(OC)CC(C)(C)N1OC. The van der Waals surface area contributed by atoms with Crippen LogP contribution in [0.5, 0.6) is 0 Å². The maximum atomic E-state index is 10.5. The van der Waals surface area contributed by atoms with E-state index >= 15 is 0 Å². The molecule has 1 rings (SSSR count). The van der Waals surface area contributed by atoms with Gasteiger partial charge in [-0.1, -0.05) is 13.8 Å². The van der Waals surface area contributed by atoms with Gasteiger partial charge in [-0.15, -0.1) is 0 Å². The van der Waals surface area contributed by atoms with Gasteiger partial charge >= 0.3 is 0 Å². The van der Waals surface area contributed by atoms with Gasteiger partial charge in [0.05, 0.1) is 12.6 Å². The molecular weight excluding hydrogens is 218 g/mol. The van der Waals surface area contributed by atoms with Crippen molar-refractivity contribution in [1.82, 2.24) is 5.06 Å². The fourth-order valence-corrected chi connectivity index (χ4v) is 3.41. The first-order chi connectivity index (χ1) is 7.79. The molecule has 1 fully saturated rings. The van der Waals surface area contributed by atoms with Crippen LogP contribution in [-0.2, 0) is 9.57 Å². The van der Waals surface area contributed by atoms with Crippen molar-refractivity contribution in [2.75, 3.05) is 14.2 Å². The van der Waals surface area contributed by atoms with Crippen LogP contribution in [-0.4, -0.2) is 41.3 Å². The molecule has 0 aliphatic carbocycles. The molecule has 0 aromatic carbocycles. The number of nitrogens with zero attached hydrogens (tertiary/aromatic N) is 1. The Labute approximate surface area is 105 Å². The van der Waals surface area contributed by atoms with Crippen LogP contribution in [0.25, 0.3) is 0 Å². The van der Waals surface area contributed by atoms with E-state index in [0.29, 0.717) is 12.8 Å². The van der Waals surface area contributed by atoms with Crippen LogP contribution in [0.2, 0.25) is 0 Å². The fourth-order valence-electron chi connectivity index (χ4n) is 3.41. The normalized spacial score (nSPS) is 32.6. The smallest absolute Gasteiger partial charge is 0.168 e. The zero-order valence-corrected chi connectivity index (χ0v) is 12.0. The lowest BCUT2D eigenvalue weighted by Crippen LogP contribution is -2.67. The Morgan fingerprint density at radius 1 is 1.12 bits per heavy atom. The third kappa shape index (κ3) is 2.50. The molecule has 4 nitrogen and oxygen atoms in total. The second-order valence-corrected chi connectivity index (χ2v) is 5.72. The zero-order valence-electron chi connectivity index (χ0n) is 12.0. The van der Waals surface area contributed by atoms with Crippen molar-refractivity contribution in [3.8, 4) is 0 Å². The van der Waals surface area contributed by atoms with Crippen LogP contribution in [0.4, 0.5) is 0 Å². The summed E-state index contributed by atoms with van der Waals surface area (Å²) in [5, 5.41) is 12.6. The minimum Gasteiger partial charge on any atom is -0.365 e. The average Bonchev–Trinajstić information content (AvgIpc) is 2.26. The number of hydrogen-bond acceptors (Lipinski definition) is 4. The Bertz CT molecular complexity index is 263. The van der Waals surface area contributed by atoms with Gasteiger partial charge in [0.2, 0.25) is 0 Å². The summed E-state index contributed by atoms with van der Waals surface area (Å²) in [5.74, 6) is -1.05. The molecule has 1 saturated heterocycles. The molecule has 1 atom stereocenters. The summed E-state index contributed by atoms with van der Waals surface area (Å²) in [4.78, 5) is 5.61. The van der Waals surface area contributed by atoms with Gasteiger partial charge < -0.3 is 14.7 Å². The van der Waals surface area contributed by atoms with E-state index in [9.17, 15) is 5.11 Å². The highest BCUT2D eigenvalue weighted by Crippen LogP contribution is 2.46. The third-order valence-electron chi connectivity index (χ3n) is 4.17. The second kappa shape index (κ2) is 4.84. The predicted molar refractivity (Wildman–Crippen MR) is 67.4 cm³/mol. The van der Waals surface area contributed by atoms with Crippen LogP contribution in [0.1, 0.15) is 53.4 Å². The van der Waals surface area contributed by atoms with Gasteiger partial charge in [0.25, 0.3) is 0 Å². The lowest BCUT2D eigenvalue weighted by molar-refractivity contribution is -0.342. The summed E-state index contributed by atoms with van der Waals surface area (Å²) < 4.78 is 5.34. The zero-order chi connectivity index (χ0) is 13.3. The molecule has 1 aliphatic heterocycles. The second-order valence-electron chi connectivity index (χ2n) is 5.72. The summed E-state index contributed by atoms with van der Waals surface area (Å²) >= 11 is 0. The lowest BCUT2D eigenvalue weighted by atomic mass is 9.73. The minimum absolute atomic E-state index is 0.165. The van der Waals surface area contributed by atoms with Gasteiger partial charge in [0.1, 0.15) is 0 Å². The monoisotopic (exact) mass is 245 g/mol. The number of methoxy groups -OCH3 is 1. The Morgan fingerprint density at radius 3 is 2.00 bits per heavy atom. The first-order valence-corrected chi connectivity index (χ1v) is 6.41. The molecule has 1 heterocycles. The molecule has 0 amide bonds. The van der Waals surface area contributed by atoms with Crippen LogP contribution >= 0.6 is 0 Å². The molecule has 0 bridgehead atoms. The number of hydroxylamine groups is 2. The molecule has 102 valence electrons. The van der Waals surface area contributed by atoms with Crippen LogP contribution in [0.15, 0.2) is 0 Å². The van der Waals surface area contributed by atoms with Crippen molar-refractivity contribution < 1.29 is 14.7 Å². The molecule has 17 heavy (non-hydrogen) atoms. The molecule has 0 aromatic heterocycles. The van der Waals surface area contributed by atoms with Gasteiger partial charge in [-0.25, -0.2) is 0 Å². The highest BCUT2D eigenvalue weighted by molar-refractivity contribution is 5.03. The quantitative estimate of drug-likeness (QED) is 0.772. The molecule has 0 radical (unpaired) electrons. The molecule has 0 spiro atoms. The van der Waals surface area contributed by atoms with E-state index in [-0.39, 0.29) is 11.1 Å². The van der Waals surface area contributed by atoms with E-state index in [0.717, 1.165) is 12.8 Å². The number of aliphatic hydroxyl groups is 1. The van der Waals surface area contributed by atoms with E-state index in [2.05, 4.69) is 27.7 Å². The van der Waals surface area contributed by atoms with E-state index in [1.165, 1.54) is 0 Å². The van der Waals surface area contributed by atoms with Crippen molar-refractivity contribution in [2.45, 2.75) is 70.2 Å². The minimum atomic E-state index is -1.05. The average molecular weight is 245 g/mol. The van der Waals surface area contributed by atoms with Gasteiger partial charge in [0.15, 0.2) is 5.79 Å². The maximum absolute atomic E-state index is 10.5. The number of piperidine rings is 1. The van der Waals surface area contributed by atoms with Crippen molar-refractivity contribution in [3.05, 3.63) is 0 Å². The third-order valence-corrected chi connectivity index (χ3v) is 4.17. The summed E-state index contributed by atoms with van der Waals surface area (Å²) in [6.45, 7) is 8.43. The Morgan fingerprint density at radius 2 is 1.65 bits per heavy atom. The number of ether oxygens (including phenoxy) is 1. The highest BCUT2D eigenvalue weighted by atomic mass is 16.7. The van der Waals surface area contributed by atoms with Crippen molar-refractivity contribution in [3.63, 3.8) is 0 Å². The van der Waals surface area contributed by atoms with Crippen LogP contribution in [0, 0.1) is 0 Å². The van der Waals surface area contributed by atoms with Gasteiger partial charge in [0, 0.05) is 25.5 Å². The van der Waals surface area contributed by atoms with Gasteiger partial charge in [-0.2, -0.15) is 5.06 Å². The van der Waals surface area contributed by atoms with Gasteiger partial charge in [-0.05, 0) is 26.7 Å². The van der Waals surface area contributed by atoms with Crippen molar-refractivity contribution in [2.24, 2.45) is 0 Å². The predicted octanol–water partition coefficient (Wildman–Crippen LogP) is 2.32. The van der Waals surface area contributed by atoms with E-state index in [1.54, 1.807) is 14.2 Å². The summed E-state index contributed by atoms with van der Waals surface area (Å²) in [5.41, 5.74) is -0.412. The molecule has 1 N–H and O–H groups in total. The lowest BCUT2D eigenvalue weighted by Gasteiger charge is -2.57. The summed E-state index contributed by atoms with van der Waals surface area (Å²) in [7, 11) is 3.29. The molecular formula is C13H27NO3. The molecule has 1 aliphatic rings. The summed E-state index contributed by atoms with van der Waals surface area (Å²) in [6.07, 6.45) is 2.98. The Balaban J connectivity index is 3.16.